The van der Waals surface area contributed by atoms with E-state index in [9.17, 15) is 4.79 Å². The first-order valence-electron chi connectivity index (χ1n) is 9.63. The van der Waals surface area contributed by atoms with Crippen molar-refractivity contribution in [1.29, 1.82) is 0 Å². The highest BCUT2D eigenvalue weighted by molar-refractivity contribution is 7.59. The first kappa shape index (κ1) is 25.8. The Morgan fingerprint density at radius 3 is 2.53 bits per heavy atom. The Bertz CT molecular complexity index is 1050. The molecule has 32 heavy (non-hydrogen) atoms. The molecule has 1 N–H and O–H groups in total. The van der Waals surface area contributed by atoms with Crippen molar-refractivity contribution in [3.8, 4) is 5.69 Å². The summed E-state index contributed by atoms with van der Waals surface area (Å²) in [6.07, 6.45) is 4.60. The quantitative estimate of drug-likeness (QED) is 0.549. The molecule has 0 saturated carbocycles. The largest absolute Gasteiger partial charge is 0.447 e. The Hall–Kier alpha value is -2.50. The van der Waals surface area contributed by atoms with Crippen LogP contribution in [0.4, 0.5) is 16.7 Å². The monoisotopic (exact) mass is 495 g/mol. The maximum atomic E-state index is 12.2. The highest BCUT2D eigenvalue weighted by Crippen LogP contribution is 2.25. The van der Waals surface area contributed by atoms with E-state index in [0.717, 1.165) is 11.4 Å². The summed E-state index contributed by atoms with van der Waals surface area (Å²) in [5, 5.41) is 3.90. The SMILES string of the molecule is CC(C)[C@H]1COC(=O)N1c1ncnc(N[C@@H](C)c2cn(-c3ccc(Cl)cc3)cn2)n1.S.S. The molecule has 12 heteroatoms. The fraction of sp³-hybridized carbons (Fsp3) is 0.350. The normalized spacial score (nSPS) is 16.2. The van der Waals surface area contributed by atoms with Gasteiger partial charge in [-0.3, -0.25) is 0 Å². The first-order chi connectivity index (χ1) is 14.4. The summed E-state index contributed by atoms with van der Waals surface area (Å²) < 4.78 is 7.09. The van der Waals surface area contributed by atoms with Crippen molar-refractivity contribution in [2.24, 2.45) is 5.92 Å². The Balaban J connectivity index is 0.00000181. The van der Waals surface area contributed by atoms with Crippen LogP contribution in [0.1, 0.15) is 32.5 Å². The molecule has 1 fully saturated rings. The number of aromatic nitrogens is 5. The molecule has 0 radical (unpaired) electrons. The van der Waals surface area contributed by atoms with Gasteiger partial charge in [0.1, 0.15) is 12.9 Å². The summed E-state index contributed by atoms with van der Waals surface area (Å²) in [7, 11) is 0. The molecule has 2 atom stereocenters. The fourth-order valence-corrected chi connectivity index (χ4v) is 3.34. The lowest BCUT2D eigenvalue weighted by Crippen LogP contribution is -2.38. The smallest absolute Gasteiger partial charge is 0.417 e. The second-order valence-corrected chi connectivity index (χ2v) is 7.85. The highest BCUT2D eigenvalue weighted by Gasteiger charge is 2.38. The number of nitrogens with zero attached hydrogens (tertiary/aromatic N) is 6. The number of hydrogen-bond donors (Lipinski definition) is 1. The average molecular weight is 496 g/mol. The minimum atomic E-state index is -0.444. The third-order valence-corrected chi connectivity index (χ3v) is 5.22. The summed E-state index contributed by atoms with van der Waals surface area (Å²) >= 11 is 5.95. The van der Waals surface area contributed by atoms with E-state index >= 15 is 0 Å². The molecular weight excluding hydrogens is 470 g/mol. The summed E-state index contributed by atoms with van der Waals surface area (Å²) in [4.78, 5) is 30.9. The van der Waals surface area contributed by atoms with E-state index in [1.165, 1.54) is 11.2 Å². The van der Waals surface area contributed by atoms with Crippen LogP contribution in [0.5, 0.6) is 0 Å². The zero-order valence-corrected chi connectivity index (χ0v) is 20.6. The summed E-state index contributed by atoms with van der Waals surface area (Å²) in [6, 6.07) is 7.23. The van der Waals surface area contributed by atoms with Gasteiger partial charge in [-0.15, -0.1) is 0 Å². The van der Waals surface area contributed by atoms with Crippen LogP contribution in [0.15, 0.2) is 43.1 Å². The molecule has 0 unspecified atom stereocenters. The number of carbonyl (C=O) groups is 1. The van der Waals surface area contributed by atoms with E-state index in [2.05, 4.69) is 25.3 Å². The van der Waals surface area contributed by atoms with Crippen LogP contribution in [-0.4, -0.2) is 43.2 Å². The molecule has 4 rings (SSSR count). The van der Waals surface area contributed by atoms with Gasteiger partial charge in [0.15, 0.2) is 0 Å². The zero-order valence-electron chi connectivity index (χ0n) is 17.9. The molecule has 1 amide bonds. The Morgan fingerprint density at radius 2 is 1.84 bits per heavy atom. The van der Waals surface area contributed by atoms with Crippen LogP contribution < -0.4 is 10.2 Å². The van der Waals surface area contributed by atoms with Crippen molar-refractivity contribution in [2.45, 2.75) is 32.9 Å². The van der Waals surface area contributed by atoms with Gasteiger partial charge in [-0.05, 0) is 37.1 Å². The van der Waals surface area contributed by atoms with E-state index in [1.807, 2.05) is 55.8 Å². The summed E-state index contributed by atoms with van der Waals surface area (Å²) in [5.41, 5.74) is 1.77. The van der Waals surface area contributed by atoms with Gasteiger partial charge in [0.2, 0.25) is 11.9 Å². The van der Waals surface area contributed by atoms with Crippen molar-refractivity contribution in [3.05, 3.63) is 53.8 Å². The molecule has 2 aromatic heterocycles. The van der Waals surface area contributed by atoms with Crippen molar-refractivity contribution in [3.63, 3.8) is 0 Å². The van der Waals surface area contributed by atoms with Crippen molar-refractivity contribution >= 4 is 56.6 Å². The van der Waals surface area contributed by atoms with E-state index in [1.54, 1.807) is 6.33 Å². The molecule has 1 saturated heterocycles. The van der Waals surface area contributed by atoms with E-state index in [4.69, 9.17) is 16.3 Å². The van der Waals surface area contributed by atoms with Gasteiger partial charge in [-0.25, -0.2) is 24.6 Å². The van der Waals surface area contributed by atoms with Crippen LogP contribution in [0.25, 0.3) is 5.69 Å². The molecule has 0 spiro atoms. The molecule has 1 aromatic carbocycles. The van der Waals surface area contributed by atoms with Crippen LogP contribution in [0.3, 0.4) is 0 Å². The number of nitrogens with one attached hydrogen (secondary N) is 1. The van der Waals surface area contributed by atoms with Gasteiger partial charge in [0, 0.05) is 16.9 Å². The number of rotatable bonds is 6. The van der Waals surface area contributed by atoms with Crippen molar-refractivity contribution < 1.29 is 9.53 Å². The molecule has 3 aromatic rings. The second kappa shape index (κ2) is 10.9. The Morgan fingerprint density at radius 1 is 1.12 bits per heavy atom. The van der Waals surface area contributed by atoms with Gasteiger partial charge in [-0.1, -0.05) is 25.4 Å². The van der Waals surface area contributed by atoms with Gasteiger partial charge in [0.25, 0.3) is 0 Å². The Labute approximate surface area is 205 Å². The number of cyclic esters (lactones) is 1. The second-order valence-electron chi connectivity index (χ2n) is 7.42. The maximum Gasteiger partial charge on any atom is 0.417 e. The van der Waals surface area contributed by atoms with E-state index in [-0.39, 0.29) is 50.9 Å². The highest BCUT2D eigenvalue weighted by atomic mass is 35.5. The molecule has 9 nitrogen and oxygen atoms in total. The molecule has 0 bridgehead atoms. The van der Waals surface area contributed by atoms with Crippen LogP contribution in [-0.2, 0) is 4.74 Å². The number of ether oxygens (including phenoxy) is 1. The maximum absolute atomic E-state index is 12.2. The van der Waals surface area contributed by atoms with E-state index < -0.39 is 6.09 Å². The minimum absolute atomic E-state index is 0. The number of amides is 1. The van der Waals surface area contributed by atoms with E-state index in [0.29, 0.717) is 17.6 Å². The van der Waals surface area contributed by atoms with Gasteiger partial charge < -0.3 is 14.6 Å². The fourth-order valence-electron chi connectivity index (χ4n) is 3.21. The van der Waals surface area contributed by atoms with Crippen LogP contribution in [0, 0.1) is 5.92 Å². The van der Waals surface area contributed by atoms with Gasteiger partial charge in [0.05, 0.1) is 24.1 Å². The molecule has 1 aliphatic heterocycles. The lowest BCUT2D eigenvalue weighted by molar-refractivity contribution is 0.177. The third kappa shape index (κ3) is 5.45. The Kier molecular flexibility index (Phi) is 8.76. The van der Waals surface area contributed by atoms with Crippen molar-refractivity contribution in [2.75, 3.05) is 16.8 Å². The molecule has 0 aliphatic carbocycles. The lowest BCUT2D eigenvalue weighted by atomic mass is 10.1. The predicted molar refractivity (Wildman–Crippen MR) is 134 cm³/mol. The number of halogens is 1. The lowest BCUT2D eigenvalue weighted by Gasteiger charge is -2.22. The third-order valence-electron chi connectivity index (χ3n) is 4.97. The van der Waals surface area contributed by atoms with Crippen molar-refractivity contribution in [1.82, 2.24) is 24.5 Å². The minimum Gasteiger partial charge on any atom is -0.447 e. The molecule has 3 heterocycles. The number of imidazole rings is 1. The number of benzene rings is 1. The first-order valence-corrected chi connectivity index (χ1v) is 10.0. The molecule has 172 valence electrons. The zero-order chi connectivity index (χ0) is 21.3. The average Bonchev–Trinajstić information content (AvgIpc) is 3.36. The topological polar surface area (TPSA) is 98.1 Å². The predicted octanol–water partition coefficient (Wildman–Crippen LogP) is 4.09. The van der Waals surface area contributed by atoms with Gasteiger partial charge in [-0.2, -0.15) is 32.0 Å². The van der Waals surface area contributed by atoms with Crippen LogP contribution in [0.2, 0.25) is 5.02 Å². The standard InChI is InChI=1S/C20H22ClN7O2.2H2S/c1-12(2)17-9-30-20(29)28(17)19-23-10-22-18(26-19)25-13(3)16-8-27(11-24-16)15-6-4-14(21)5-7-15;;/h4-8,10-13,17H,9H2,1-3H3,(H,22,23,25,26);2*1H2/t13-,17+;;/m0../s1. The van der Waals surface area contributed by atoms with Crippen LogP contribution >= 0.6 is 38.6 Å². The summed E-state index contributed by atoms with van der Waals surface area (Å²) in [6.45, 7) is 6.33. The van der Waals surface area contributed by atoms with Gasteiger partial charge >= 0.3 is 6.09 Å². The molecular formula is C20H26ClN7O2S2. The summed E-state index contributed by atoms with van der Waals surface area (Å²) in [5.74, 6) is 0.837. The molecule has 1 aliphatic rings. The number of carbonyl (C=O) groups excluding carboxylic acids is 1. The number of hydrogen-bond acceptors (Lipinski definition) is 7. The number of anilines is 2.